The predicted molar refractivity (Wildman–Crippen MR) is 96.6 cm³/mol. The molecule has 0 aromatic heterocycles. The molecule has 0 fully saturated rings. The standard InChI is InChI=1S/C19H19NO6/c1-3-25-18-13-16(20(22)23)15(12-17(18)24-2)19(21)26-11-7-10-14-8-5-4-6-9-14/h4-10,12-13H,3,11H2,1-2H3/b10-7+. The van der Waals surface area contributed by atoms with E-state index in [-0.39, 0.29) is 23.7 Å². The summed E-state index contributed by atoms with van der Waals surface area (Å²) >= 11 is 0. The van der Waals surface area contributed by atoms with Crippen molar-refractivity contribution >= 4 is 17.7 Å². The van der Waals surface area contributed by atoms with Crippen LogP contribution in [0, 0.1) is 10.1 Å². The Bertz CT molecular complexity index is 801. The zero-order valence-corrected chi connectivity index (χ0v) is 14.5. The van der Waals surface area contributed by atoms with Crippen LogP contribution in [0.25, 0.3) is 6.08 Å². The number of carbonyl (C=O) groups is 1. The van der Waals surface area contributed by atoms with Crippen molar-refractivity contribution in [1.82, 2.24) is 0 Å². The van der Waals surface area contributed by atoms with E-state index in [1.165, 1.54) is 19.2 Å². The SMILES string of the molecule is CCOc1cc([N+](=O)[O-])c(C(=O)OC/C=C/c2ccccc2)cc1OC. The van der Waals surface area contributed by atoms with E-state index < -0.39 is 16.6 Å². The monoisotopic (exact) mass is 357 g/mol. The zero-order chi connectivity index (χ0) is 18.9. The van der Waals surface area contributed by atoms with Crippen LogP contribution in [0.3, 0.4) is 0 Å². The average Bonchev–Trinajstić information content (AvgIpc) is 2.65. The number of hydrogen-bond donors (Lipinski definition) is 0. The normalized spacial score (nSPS) is 10.5. The highest BCUT2D eigenvalue weighted by atomic mass is 16.6. The van der Waals surface area contributed by atoms with Gasteiger partial charge in [-0.25, -0.2) is 4.79 Å². The van der Waals surface area contributed by atoms with Gasteiger partial charge in [0.1, 0.15) is 12.2 Å². The molecule has 0 saturated heterocycles. The van der Waals surface area contributed by atoms with Crippen LogP contribution >= 0.6 is 0 Å². The fourth-order valence-electron chi connectivity index (χ4n) is 2.24. The third-order valence-electron chi connectivity index (χ3n) is 3.42. The van der Waals surface area contributed by atoms with Crippen molar-refractivity contribution < 1.29 is 23.9 Å². The largest absolute Gasteiger partial charge is 0.493 e. The molecule has 7 heteroatoms. The van der Waals surface area contributed by atoms with Gasteiger partial charge in [0.05, 0.1) is 24.7 Å². The molecule has 2 aromatic rings. The Kier molecular flexibility index (Phi) is 6.73. The number of nitrogens with zero attached hydrogens (tertiary/aromatic N) is 1. The van der Waals surface area contributed by atoms with Gasteiger partial charge < -0.3 is 14.2 Å². The number of nitro groups is 1. The minimum Gasteiger partial charge on any atom is -0.493 e. The summed E-state index contributed by atoms with van der Waals surface area (Å²) in [5.41, 5.74) is 0.368. The Labute approximate surface area is 151 Å². The lowest BCUT2D eigenvalue weighted by molar-refractivity contribution is -0.385. The topological polar surface area (TPSA) is 87.9 Å². The van der Waals surface area contributed by atoms with Gasteiger partial charge in [-0.3, -0.25) is 10.1 Å². The number of ether oxygens (including phenoxy) is 3. The molecule has 2 rings (SSSR count). The van der Waals surface area contributed by atoms with E-state index in [0.29, 0.717) is 6.61 Å². The Morgan fingerprint density at radius 2 is 1.92 bits per heavy atom. The van der Waals surface area contributed by atoms with Gasteiger partial charge in [-0.05, 0) is 18.6 Å². The van der Waals surface area contributed by atoms with E-state index in [0.717, 1.165) is 5.56 Å². The molecule has 136 valence electrons. The molecular formula is C19H19NO6. The number of benzene rings is 2. The van der Waals surface area contributed by atoms with Crippen molar-refractivity contribution in [3.63, 3.8) is 0 Å². The van der Waals surface area contributed by atoms with Gasteiger partial charge in [-0.2, -0.15) is 0 Å². The molecule has 0 spiro atoms. The van der Waals surface area contributed by atoms with Gasteiger partial charge >= 0.3 is 5.97 Å². The quantitative estimate of drug-likeness (QED) is 0.405. The van der Waals surface area contributed by atoms with Crippen molar-refractivity contribution in [3.8, 4) is 11.5 Å². The summed E-state index contributed by atoms with van der Waals surface area (Å²) in [6.45, 7) is 2.04. The lowest BCUT2D eigenvalue weighted by Gasteiger charge is -2.11. The molecule has 0 saturated carbocycles. The molecule has 0 aliphatic heterocycles. The molecule has 2 aromatic carbocycles. The van der Waals surface area contributed by atoms with E-state index in [2.05, 4.69) is 0 Å². The van der Waals surface area contributed by atoms with E-state index in [9.17, 15) is 14.9 Å². The lowest BCUT2D eigenvalue weighted by Crippen LogP contribution is -2.09. The minimum absolute atomic E-state index is 0.0135. The van der Waals surface area contributed by atoms with Crippen molar-refractivity contribution in [2.24, 2.45) is 0 Å². The first-order valence-electron chi connectivity index (χ1n) is 7.94. The number of methoxy groups -OCH3 is 1. The van der Waals surface area contributed by atoms with Crippen LogP contribution in [0.5, 0.6) is 11.5 Å². The molecule has 0 radical (unpaired) electrons. The van der Waals surface area contributed by atoms with E-state index >= 15 is 0 Å². The fraction of sp³-hybridized carbons (Fsp3) is 0.211. The highest BCUT2D eigenvalue weighted by Crippen LogP contribution is 2.35. The summed E-state index contributed by atoms with van der Waals surface area (Å²) in [5.74, 6) is -0.387. The third-order valence-corrected chi connectivity index (χ3v) is 3.42. The second-order valence-electron chi connectivity index (χ2n) is 5.12. The molecule has 0 heterocycles. The summed E-state index contributed by atoms with van der Waals surface area (Å²) in [7, 11) is 1.39. The lowest BCUT2D eigenvalue weighted by atomic mass is 10.1. The van der Waals surface area contributed by atoms with Gasteiger partial charge in [-0.1, -0.05) is 36.4 Å². The maximum Gasteiger partial charge on any atom is 0.345 e. The number of nitro benzene ring substituents is 1. The Morgan fingerprint density at radius 3 is 2.54 bits per heavy atom. The zero-order valence-electron chi connectivity index (χ0n) is 14.5. The second kappa shape index (κ2) is 9.22. The van der Waals surface area contributed by atoms with E-state index in [1.807, 2.05) is 30.3 Å². The van der Waals surface area contributed by atoms with Crippen molar-refractivity contribution in [2.45, 2.75) is 6.92 Å². The predicted octanol–water partition coefficient (Wildman–Crippen LogP) is 3.87. The summed E-state index contributed by atoms with van der Waals surface area (Å²) in [6.07, 6.45) is 3.45. The second-order valence-corrected chi connectivity index (χ2v) is 5.12. The molecular weight excluding hydrogens is 338 g/mol. The summed E-state index contributed by atoms with van der Waals surface area (Å²) in [4.78, 5) is 22.9. The van der Waals surface area contributed by atoms with Crippen LogP contribution in [0.1, 0.15) is 22.8 Å². The Balaban J connectivity index is 2.16. The maximum absolute atomic E-state index is 12.3. The van der Waals surface area contributed by atoms with Gasteiger partial charge in [0.15, 0.2) is 11.5 Å². The van der Waals surface area contributed by atoms with Gasteiger partial charge in [-0.15, -0.1) is 0 Å². The van der Waals surface area contributed by atoms with Crippen LogP contribution in [-0.2, 0) is 4.74 Å². The molecule has 0 bridgehead atoms. The third kappa shape index (κ3) is 4.83. The fourth-order valence-corrected chi connectivity index (χ4v) is 2.24. The first-order chi connectivity index (χ1) is 12.6. The summed E-state index contributed by atoms with van der Waals surface area (Å²) < 4.78 is 15.6. The maximum atomic E-state index is 12.3. The van der Waals surface area contributed by atoms with Crippen molar-refractivity contribution in [2.75, 3.05) is 20.3 Å². The van der Waals surface area contributed by atoms with Gasteiger partial charge in [0.25, 0.3) is 5.69 Å². The summed E-state index contributed by atoms with van der Waals surface area (Å²) in [5, 5.41) is 11.3. The van der Waals surface area contributed by atoms with Gasteiger partial charge in [0, 0.05) is 6.07 Å². The van der Waals surface area contributed by atoms with Crippen LogP contribution < -0.4 is 9.47 Å². The molecule has 0 aliphatic carbocycles. The molecule has 0 aliphatic rings. The molecule has 0 amide bonds. The number of carbonyl (C=O) groups excluding carboxylic acids is 1. The first-order valence-corrected chi connectivity index (χ1v) is 7.94. The molecule has 0 atom stereocenters. The number of hydrogen-bond acceptors (Lipinski definition) is 6. The van der Waals surface area contributed by atoms with Crippen LogP contribution in [0.2, 0.25) is 0 Å². The van der Waals surface area contributed by atoms with Crippen molar-refractivity contribution in [1.29, 1.82) is 0 Å². The van der Waals surface area contributed by atoms with E-state index in [1.54, 1.807) is 19.1 Å². The number of esters is 1. The molecule has 0 unspecified atom stereocenters. The Hall–Kier alpha value is -3.35. The van der Waals surface area contributed by atoms with Crippen molar-refractivity contribution in [3.05, 3.63) is 69.8 Å². The van der Waals surface area contributed by atoms with Crippen LogP contribution in [0.15, 0.2) is 48.5 Å². The summed E-state index contributed by atoms with van der Waals surface area (Å²) in [6, 6.07) is 11.9. The molecule has 0 N–H and O–H groups in total. The molecule has 26 heavy (non-hydrogen) atoms. The van der Waals surface area contributed by atoms with Gasteiger partial charge in [0.2, 0.25) is 0 Å². The van der Waals surface area contributed by atoms with Crippen LogP contribution in [-0.4, -0.2) is 31.2 Å². The van der Waals surface area contributed by atoms with E-state index in [4.69, 9.17) is 14.2 Å². The highest BCUT2D eigenvalue weighted by molar-refractivity contribution is 5.95. The van der Waals surface area contributed by atoms with Crippen LogP contribution in [0.4, 0.5) is 5.69 Å². The minimum atomic E-state index is -0.809. The first kappa shape index (κ1) is 19.0. The number of rotatable bonds is 8. The molecule has 7 nitrogen and oxygen atoms in total. The average molecular weight is 357 g/mol. The smallest absolute Gasteiger partial charge is 0.345 e. The Morgan fingerprint density at radius 1 is 1.19 bits per heavy atom. The highest BCUT2D eigenvalue weighted by Gasteiger charge is 2.25.